The third kappa shape index (κ3) is 3.40. The van der Waals surface area contributed by atoms with E-state index < -0.39 is 0 Å². The van der Waals surface area contributed by atoms with Gasteiger partial charge in [-0.25, -0.2) is 0 Å². The van der Waals surface area contributed by atoms with Crippen LogP contribution in [0.5, 0.6) is 5.75 Å². The number of rotatable bonds is 4. The van der Waals surface area contributed by atoms with Gasteiger partial charge in [-0.15, -0.1) is 0 Å². The predicted molar refractivity (Wildman–Crippen MR) is 83.0 cm³/mol. The van der Waals surface area contributed by atoms with Crippen molar-refractivity contribution in [3.05, 3.63) is 54.6 Å². The molecule has 20 heavy (non-hydrogen) atoms. The molecule has 1 aliphatic rings. The Kier molecular flexibility index (Phi) is 4.34. The van der Waals surface area contributed by atoms with E-state index in [-0.39, 0.29) is 0 Å². The lowest BCUT2D eigenvalue weighted by Crippen LogP contribution is -2.38. The van der Waals surface area contributed by atoms with Crippen LogP contribution in [-0.2, 0) is 0 Å². The van der Waals surface area contributed by atoms with Crippen molar-refractivity contribution in [3.8, 4) is 16.9 Å². The highest BCUT2D eigenvalue weighted by atomic mass is 16.5. The molecule has 2 heteroatoms. The van der Waals surface area contributed by atoms with Gasteiger partial charge in [0.15, 0.2) is 0 Å². The molecule has 0 aromatic heterocycles. The molecule has 1 N–H and O–H groups in total. The van der Waals surface area contributed by atoms with E-state index in [1.54, 1.807) is 0 Å². The molecule has 2 aromatic carbocycles. The normalized spacial score (nSPS) is 18.7. The van der Waals surface area contributed by atoms with Gasteiger partial charge in [0.25, 0.3) is 0 Å². The summed E-state index contributed by atoms with van der Waals surface area (Å²) < 4.78 is 5.87. The van der Waals surface area contributed by atoms with Gasteiger partial charge >= 0.3 is 0 Å². The molecule has 1 saturated heterocycles. The highest BCUT2D eigenvalue weighted by molar-refractivity contribution is 5.63. The maximum atomic E-state index is 5.87. The van der Waals surface area contributed by atoms with Gasteiger partial charge in [0.05, 0.1) is 0 Å². The molecule has 0 aliphatic carbocycles. The SMILES string of the molecule is c1ccc(-c2ccc(OCC3CCCCN3)cc2)cc1. The first-order valence-corrected chi connectivity index (χ1v) is 7.43. The Morgan fingerprint density at radius 2 is 1.65 bits per heavy atom. The van der Waals surface area contributed by atoms with E-state index in [0.29, 0.717) is 6.04 Å². The molecule has 0 saturated carbocycles. The van der Waals surface area contributed by atoms with Gasteiger partial charge in [-0.2, -0.15) is 0 Å². The van der Waals surface area contributed by atoms with E-state index in [1.807, 2.05) is 6.07 Å². The molecule has 1 unspecified atom stereocenters. The molecule has 3 rings (SSSR count). The van der Waals surface area contributed by atoms with Crippen LogP contribution in [0.2, 0.25) is 0 Å². The van der Waals surface area contributed by atoms with E-state index >= 15 is 0 Å². The second kappa shape index (κ2) is 6.58. The van der Waals surface area contributed by atoms with Crippen molar-refractivity contribution in [2.24, 2.45) is 0 Å². The van der Waals surface area contributed by atoms with Gasteiger partial charge in [0.2, 0.25) is 0 Å². The summed E-state index contributed by atoms with van der Waals surface area (Å²) in [5, 5.41) is 3.50. The summed E-state index contributed by atoms with van der Waals surface area (Å²) in [7, 11) is 0. The molecule has 2 aromatic rings. The molecule has 1 atom stereocenters. The molecule has 0 amide bonds. The number of hydrogen-bond acceptors (Lipinski definition) is 2. The molecule has 104 valence electrons. The van der Waals surface area contributed by atoms with Gasteiger partial charge in [0.1, 0.15) is 12.4 Å². The molecule has 0 radical (unpaired) electrons. The topological polar surface area (TPSA) is 21.3 Å². The van der Waals surface area contributed by atoms with Gasteiger partial charge < -0.3 is 10.1 Å². The molecular formula is C18H21NO. The zero-order chi connectivity index (χ0) is 13.6. The van der Waals surface area contributed by atoms with Crippen LogP contribution in [0.4, 0.5) is 0 Å². The third-order valence-electron chi connectivity index (χ3n) is 3.82. The average Bonchev–Trinajstić information content (AvgIpc) is 2.55. The van der Waals surface area contributed by atoms with Crippen LogP contribution in [0.25, 0.3) is 11.1 Å². The number of nitrogens with one attached hydrogen (secondary N) is 1. The lowest BCUT2D eigenvalue weighted by atomic mass is 10.1. The van der Waals surface area contributed by atoms with Gasteiger partial charge in [-0.1, -0.05) is 48.9 Å². The summed E-state index contributed by atoms with van der Waals surface area (Å²) in [4.78, 5) is 0. The number of benzene rings is 2. The largest absolute Gasteiger partial charge is 0.492 e. The summed E-state index contributed by atoms with van der Waals surface area (Å²) in [6.45, 7) is 1.89. The van der Waals surface area contributed by atoms with Crippen LogP contribution in [0.15, 0.2) is 54.6 Å². The van der Waals surface area contributed by atoms with Crippen LogP contribution in [-0.4, -0.2) is 19.2 Å². The van der Waals surface area contributed by atoms with Crippen molar-refractivity contribution in [2.75, 3.05) is 13.2 Å². The molecule has 0 bridgehead atoms. The lowest BCUT2D eigenvalue weighted by Gasteiger charge is -2.23. The maximum absolute atomic E-state index is 5.87. The first-order valence-electron chi connectivity index (χ1n) is 7.43. The number of piperidine rings is 1. The second-order valence-electron chi connectivity index (χ2n) is 5.35. The highest BCUT2D eigenvalue weighted by Crippen LogP contribution is 2.22. The quantitative estimate of drug-likeness (QED) is 0.908. The Bertz CT molecular complexity index is 515. The zero-order valence-corrected chi connectivity index (χ0v) is 11.7. The Labute approximate surface area is 120 Å². The third-order valence-corrected chi connectivity index (χ3v) is 3.82. The van der Waals surface area contributed by atoms with Crippen molar-refractivity contribution in [2.45, 2.75) is 25.3 Å². The zero-order valence-electron chi connectivity index (χ0n) is 11.7. The van der Waals surface area contributed by atoms with Crippen LogP contribution in [0.3, 0.4) is 0 Å². The van der Waals surface area contributed by atoms with Crippen molar-refractivity contribution in [3.63, 3.8) is 0 Å². The molecule has 1 aliphatic heterocycles. The van der Waals surface area contributed by atoms with Crippen LogP contribution in [0.1, 0.15) is 19.3 Å². The van der Waals surface area contributed by atoms with Crippen LogP contribution >= 0.6 is 0 Å². The molecular weight excluding hydrogens is 246 g/mol. The molecule has 0 spiro atoms. The molecule has 1 fully saturated rings. The minimum Gasteiger partial charge on any atom is -0.492 e. The van der Waals surface area contributed by atoms with Crippen molar-refractivity contribution < 1.29 is 4.74 Å². The second-order valence-corrected chi connectivity index (χ2v) is 5.35. The summed E-state index contributed by atoms with van der Waals surface area (Å²) in [6, 6.07) is 19.3. The van der Waals surface area contributed by atoms with Crippen LogP contribution in [0, 0.1) is 0 Å². The fourth-order valence-electron chi connectivity index (χ4n) is 2.64. The van der Waals surface area contributed by atoms with E-state index in [4.69, 9.17) is 4.74 Å². The first-order chi connectivity index (χ1) is 9.92. The first kappa shape index (κ1) is 13.2. The fraction of sp³-hybridized carbons (Fsp3) is 0.333. The Hall–Kier alpha value is -1.80. The maximum Gasteiger partial charge on any atom is 0.119 e. The van der Waals surface area contributed by atoms with E-state index in [1.165, 1.54) is 30.4 Å². The predicted octanol–water partition coefficient (Wildman–Crippen LogP) is 3.87. The van der Waals surface area contributed by atoms with Crippen molar-refractivity contribution in [1.82, 2.24) is 5.32 Å². The van der Waals surface area contributed by atoms with Crippen LogP contribution < -0.4 is 10.1 Å². The minimum atomic E-state index is 0.512. The number of ether oxygens (including phenoxy) is 1. The summed E-state index contributed by atoms with van der Waals surface area (Å²) in [5.74, 6) is 0.956. The summed E-state index contributed by atoms with van der Waals surface area (Å²) in [6.07, 6.45) is 3.83. The van der Waals surface area contributed by atoms with Gasteiger partial charge in [-0.05, 0) is 42.6 Å². The summed E-state index contributed by atoms with van der Waals surface area (Å²) in [5.41, 5.74) is 2.47. The monoisotopic (exact) mass is 267 g/mol. The fourth-order valence-corrected chi connectivity index (χ4v) is 2.64. The van der Waals surface area contributed by atoms with Crippen molar-refractivity contribution >= 4 is 0 Å². The van der Waals surface area contributed by atoms with E-state index in [0.717, 1.165) is 18.9 Å². The average molecular weight is 267 g/mol. The lowest BCUT2D eigenvalue weighted by molar-refractivity contribution is 0.239. The molecule has 2 nitrogen and oxygen atoms in total. The summed E-state index contributed by atoms with van der Waals surface area (Å²) >= 11 is 0. The Balaban J connectivity index is 1.58. The number of hydrogen-bond donors (Lipinski definition) is 1. The smallest absolute Gasteiger partial charge is 0.119 e. The van der Waals surface area contributed by atoms with E-state index in [2.05, 4.69) is 53.8 Å². The Morgan fingerprint density at radius 3 is 2.35 bits per heavy atom. The van der Waals surface area contributed by atoms with Gasteiger partial charge in [-0.3, -0.25) is 0 Å². The standard InChI is InChI=1S/C18H21NO/c1-2-6-15(7-3-1)16-9-11-18(12-10-16)20-14-17-8-4-5-13-19-17/h1-3,6-7,9-12,17,19H,4-5,8,13-14H2. The van der Waals surface area contributed by atoms with Crippen molar-refractivity contribution in [1.29, 1.82) is 0 Å². The van der Waals surface area contributed by atoms with E-state index in [9.17, 15) is 0 Å². The minimum absolute atomic E-state index is 0.512. The Morgan fingerprint density at radius 1 is 0.900 bits per heavy atom. The highest BCUT2D eigenvalue weighted by Gasteiger charge is 2.12. The van der Waals surface area contributed by atoms with Gasteiger partial charge in [0, 0.05) is 6.04 Å². The molecule has 1 heterocycles.